The number of thioether (sulfide) groups is 1. The monoisotopic (exact) mass is 465 g/mol. The van der Waals surface area contributed by atoms with Gasteiger partial charge in [-0.2, -0.15) is 13.5 Å². The number of amides is 1. The third-order valence-electron chi connectivity index (χ3n) is 4.22. The zero-order valence-electron chi connectivity index (χ0n) is 16.5. The topological polar surface area (TPSA) is 97.2 Å². The summed E-state index contributed by atoms with van der Waals surface area (Å²) in [4.78, 5) is 11.9. The maximum Gasteiger partial charge on any atom is 0.339 e. The van der Waals surface area contributed by atoms with Gasteiger partial charge < -0.3 is 9.50 Å². The normalized spacial score (nSPS) is 18.4. The van der Waals surface area contributed by atoms with Crippen LogP contribution in [0.15, 0.2) is 57.6 Å². The van der Waals surface area contributed by atoms with Crippen molar-refractivity contribution in [3.63, 3.8) is 0 Å². The summed E-state index contributed by atoms with van der Waals surface area (Å²) in [5.41, 5.74) is 1.05. The number of halogens is 1. The summed E-state index contributed by atoms with van der Waals surface area (Å²) in [5, 5.41) is 11.3. The Hall–Kier alpha value is -2.36. The van der Waals surface area contributed by atoms with Crippen molar-refractivity contribution in [1.82, 2.24) is 5.32 Å². The van der Waals surface area contributed by atoms with E-state index < -0.39 is 10.1 Å². The number of hydrogen-bond acceptors (Lipinski definition) is 7. The lowest BCUT2D eigenvalue weighted by Gasteiger charge is -2.11. The molecule has 1 heterocycles. The van der Waals surface area contributed by atoms with Crippen LogP contribution in [0.2, 0.25) is 5.02 Å². The van der Waals surface area contributed by atoms with Gasteiger partial charge in [0.25, 0.3) is 0 Å². The summed E-state index contributed by atoms with van der Waals surface area (Å²) in [7, 11) is -4.06. The van der Waals surface area contributed by atoms with Crippen molar-refractivity contribution >= 4 is 50.8 Å². The van der Waals surface area contributed by atoms with Gasteiger partial charge in [0.2, 0.25) is 5.91 Å². The van der Waals surface area contributed by atoms with Crippen LogP contribution >= 0.6 is 23.4 Å². The second-order valence-corrected chi connectivity index (χ2v) is 10.0. The molecule has 0 aromatic heterocycles. The van der Waals surface area contributed by atoms with Crippen LogP contribution in [0.3, 0.4) is 0 Å². The van der Waals surface area contributed by atoms with Crippen molar-refractivity contribution in [3.05, 3.63) is 58.6 Å². The molecule has 1 aliphatic rings. The van der Waals surface area contributed by atoms with E-state index in [0.29, 0.717) is 21.3 Å². The maximum atomic E-state index is 12.6. The zero-order valence-corrected chi connectivity index (χ0v) is 18.9. The van der Waals surface area contributed by atoms with Crippen LogP contribution in [0.25, 0.3) is 0 Å². The number of rotatable bonds is 6. The molecule has 1 saturated heterocycles. The van der Waals surface area contributed by atoms with E-state index in [1.807, 2.05) is 13.8 Å². The lowest BCUT2D eigenvalue weighted by atomic mass is 10.1. The summed E-state index contributed by atoms with van der Waals surface area (Å²) >= 11 is 7.14. The SMILES string of the molecule is Cc1cccc(/C=N\N=C2\NC(=O)[C@H](C(C)C)S2)c1OS(=O)(=O)c1ccc(Cl)cc1. The standard InChI is InChI=1S/C20H20ClN3O4S2/c1-12(2)18-19(25)23-20(29-18)24-22-11-14-6-4-5-13(3)17(14)28-30(26,27)16-9-7-15(21)8-10-16/h4-12,18H,1-3H3,(H,23,24,25)/b22-11-/t18-/m0/s1. The van der Waals surface area contributed by atoms with Crippen LogP contribution < -0.4 is 9.50 Å². The van der Waals surface area contributed by atoms with E-state index in [1.165, 1.54) is 42.2 Å². The molecule has 0 spiro atoms. The molecule has 0 radical (unpaired) electrons. The number of nitrogens with zero attached hydrogens (tertiary/aromatic N) is 2. The fraction of sp³-hybridized carbons (Fsp3) is 0.250. The molecule has 158 valence electrons. The summed E-state index contributed by atoms with van der Waals surface area (Å²) in [6, 6.07) is 10.9. The lowest BCUT2D eigenvalue weighted by molar-refractivity contribution is -0.119. The maximum absolute atomic E-state index is 12.6. The van der Waals surface area contributed by atoms with Crippen LogP contribution in [0.4, 0.5) is 0 Å². The third-order valence-corrected chi connectivity index (χ3v) is 7.12. The predicted molar refractivity (Wildman–Crippen MR) is 120 cm³/mol. The van der Waals surface area contributed by atoms with E-state index >= 15 is 0 Å². The molecule has 3 rings (SSSR count). The van der Waals surface area contributed by atoms with Crippen LogP contribution in [0.1, 0.15) is 25.0 Å². The predicted octanol–water partition coefficient (Wildman–Crippen LogP) is 3.99. The van der Waals surface area contributed by atoms with E-state index in [0.717, 1.165) is 0 Å². The van der Waals surface area contributed by atoms with Gasteiger partial charge in [0, 0.05) is 10.6 Å². The quantitative estimate of drug-likeness (QED) is 0.395. The Kier molecular flexibility index (Phi) is 6.84. The number of carbonyl (C=O) groups is 1. The molecule has 1 fully saturated rings. The Labute approximate surface area is 184 Å². The van der Waals surface area contributed by atoms with Gasteiger partial charge in [-0.25, -0.2) is 0 Å². The number of nitrogens with one attached hydrogen (secondary N) is 1. The Morgan fingerprint density at radius 2 is 1.90 bits per heavy atom. The Morgan fingerprint density at radius 3 is 2.53 bits per heavy atom. The summed E-state index contributed by atoms with van der Waals surface area (Å²) in [5.74, 6) is 0.221. The van der Waals surface area contributed by atoms with Crippen molar-refractivity contribution in [2.75, 3.05) is 0 Å². The number of carbonyl (C=O) groups excluding carboxylic acids is 1. The molecule has 1 aliphatic heterocycles. The molecule has 10 heteroatoms. The molecule has 0 aliphatic carbocycles. The molecule has 1 atom stereocenters. The van der Waals surface area contributed by atoms with E-state index in [-0.39, 0.29) is 27.7 Å². The van der Waals surface area contributed by atoms with Crippen LogP contribution in [0, 0.1) is 12.8 Å². The molecule has 0 unspecified atom stereocenters. The van der Waals surface area contributed by atoms with Gasteiger partial charge in [0.1, 0.15) is 4.90 Å². The second-order valence-electron chi connectivity index (χ2n) is 6.91. The summed E-state index contributed by atoms with van der Waals surface area (Å²) in [6.45, 7) is 5.65. The Balaban J connectivity index is 1.83. The number of para-hydroxylation sites is 1. The van der Waals surface area contributed by atoms with Crippen molar-refractivity contribution in [3.8, 4) is 5.75 Å². The Bertz CT molecular complexity index is 1110. The van der Waals surface area contributed by atoms with Gasteiger partial charge in [-0.3, -0.25) is 4.79 Å². The number of amidine groups is 1. The highest BCUT2D eigenvalue weighted by atomic mass is 35.5. The van der Waals surface area contributed by atoms with Gasteiger partial charge in [-0.1, -0.05) is 49.3 Å². The van der Waals surface area contributed by atoms with E-state index in [1.54, 1.807) is 25.1 Å². The highest BCUT2D eigenvalue weighted by Gasteiger charge is 2.32. The zero-order chi connectivity index (χ0) is 21.9. The first-order valence-corrected chi connectivity index (χ1v) is 11.7. The molecule has 2 aromatic rings. The van der Waals surface area contributed by atoms with Crippen LogP contribution in [-0.2, 0) is 14.9 Å². The van der Waals surface area contributed by atoms with Crippen LogP contribution in [-0.4, -0.2) is 31.0 Å². The average molecular weight is 466 g/mol. The van der Waals surface area contributed by atoms with Gasteiger partial charge >= 0.3 is 10.1 Å². The van der Waals surface area contributed by atoms with E-state index in [2.05, 4.69) is 15.5 Å². The van der Waals surface area contributed by atoms with Crippen molar-refractivity contribution in [1.29, 1.82) is 0 Å². The van der Waals surface area contributed by atoms with Gasteiger partial charge in [-0.15, -0.1) is 5.10 Å². The minimum Gasteiger partial charge on any atom is -0.378 e. The number of benzene rings is 2. The molecular weight excluding hydrogens is 446 g/mol. The number of hydrogen-bond donors (Lipinski definition) is 1. The largest absolute Gasteiger partial charge is 0.378 e. The van der Waals surface area contributed by atoms with Crippen LogP contribution in [0.5, 0.6) is 5.75 Å². The van der Waals surface area contributed by atoms with Gasteiger partial charge in [-0.05, 0) is 48.7 Å². The first-order valence-electron chi connectivity index (χ1n) is 9.05. The highest BCUT2D eigenvalue weighted by molar-refractivity contribution is 8.15. The van der Waals surface area contributed by atoms with Crippen molar-refractivity contribution in [2.45, 2.75) is 30.9 Å². The molecule has 0 bridgehead atoms. The Morgan fingerprint density at radius 1 is 1.20 bits per heavy atom. The minimum atomic E-state index is -4.06. The van der Waals surface area contributed by atoms with Crippen molar-refractivity contribution in [2.24, 2.45) is 16.1 Å². The summed E-state index contributed by atoms with van der Waals surface area (Å²) < 4.78 is 30.7. The highest BCUT2D eigenvalue weighted by Crippen LogP contribution is 2.28. The molecule has 7 nitrogen and oxygen atoms in total. The van der Waals surface area contributed by atoms with Gasteiger partial charge in [0.15, 0.2) is 10.9 Å². The number of aryl methyl sites for hydroxylation is 1. The molecule has 1 amide bonds. The fourth-order valence-corrected chi connectivity index (χ4v) is 4.73. The second kappa shape index (κ2) is 9.20. The molecule has 2 aromatic carbocycles. The smallest absolute Gasteiger partial charge is 0.339 e. The molecular formula is C20H20ClN3O4S2. The lowest BCUT2D eigenvalue weighted by Crippen LogP contribution is -2.27. The first kappa shape index (κ1) is 22.3. The average Bonchev–Trinajstić information content (AvgIpc) is 3.05. The molecule has 30 heavy (non-hydrogen) atoms. The van der Waals surface area contributed by atoms with E-state index in [4.69, 9.17) is 15.8 Å². The van der Waals surface area contributed by atoms with Crippen molar-refractivity contribution < 1.29 is 17.4 Å². The molecule has 1 N–H and O–H groups in total. The minimum absolute atomic E-state index is 0.0110. The first-order chi connectivity index (χ1) is 14.2. The fourth-order valence-electron chi connectivity index (χ4n) is 2.66. The third kappa shape index (κ3) is 5.21. The van der Waals surface area contributed by atoms with Gasteiger partial charge in [0.05, 0.1) is 11.5 Å². The molecule has 0 saturated carbocycles. The summed E-state index contributed by atoms with van der Waals surface area (Å²) in [6.07, 6.45) is 1.39. The van der Waals surface area contributed by atoms with E-state index in [9.17, 15) is 13.2 Å².